The van der Waals surface area contributed by atoms with E-state index in [0.717, 1.165) is 6.42 Å². The fourth-order valence-electron chi connectivity index (χ4n) is 2.76. The molecule has 1 N–H and O–H groups in total. The number of methoxy groups -OCH3 is 1. The monoisotopic (exact) mass is 330 g/mol. The summed E-state index contributed by atoms with van der Waals surface area (Å²) in [4.78, 5) is 29.3. The molecule has 0 fully saturated rings. The number of hydrogen-bond acceptors (Lipinski definition) is 6. The van der Waals surface area contributed by atoms with E-state index in [-0.39, 0.29) is 0 Å². The second-order valence-electron chi connectivity index (χ2n) is 5.52. The van der Waals surface area contributed by atoms with Crippen molar-refractivity contribution in [2.45, 2.75) is 33.1 Å². The van der Waals surface area contributed by atoms with Crippen LogP contribution in [0.25, 0.3) is 0 Å². The molecule has 2 heterocycles. The highest BCUT2D eigenvalue weighted by Gasteiger charge is 2.38. The van der Waals surface area contributed by atoms with Crippen LogP contribution in [-0.2, 0) is 19.1 Å². The molecule has 128 valence electrons. The predicted octanol–water partition coefficient (Wildman–Crippen LogP) is 2.44. The lowest BCUT2D eigenvalue weighted by Crippen LogP contribution is -2.32. The molecule has 1 aliphatic rings. The Bertz CT molecular complexity index is 692. The number of allylic oxidation sites excluding steroid dienone is 2. The quantitative estimate of drug-likeness (QED) is 0.836. The minimum atomic E-state index is -0.621. The molecule has 0 spiro atoms. The third-order valence-corrected chi connectivity index (χ3v) is 3.81. The van der Waals surface area contributed by atoms with E-state index in [4.69, 9.17) is 9.47 Å². The molecule has 0 aromatic carbocycles. The maximum atomic E-state index is 12.6. The molecule has 0 radical (unpaired) electrons. The van der Waals surface area contributed by atoms with Crippen molar-refractivity contribution < 1.29 is 19.1 Å². The van der Waals surface area contributed by atoms with Crippen LogP contribution in [0.15, 0.2) is 46.9 Å². The number of nitrogens with zero attached hydrogens (tertiary/aromatic N) is 1. The predicted molar refractivity (Wildman–Crippen MR) is 88.8 cm³/mol. The summed E-state index contributed by atoms with van der Waals surface area (Å²) in [5.41, 5.74) is 2.64. The van der Waals surface area contributed by atoms with Crippen molar-refractivity contribution >= 4 is 11.9 Å². The van der Waals surface area contributed by atoms with Gasteiger partial charge in [0.1, 0.15) is 0 Å². The molecule has 2 rings (SSSR count). The third kappa shape index (κ3) is 3.48. The van der Waals surface area contributed by atoms with Crippen LogP contribution in [0, 0.1) is 0 Å². The second kappa shape index (κ2) is 7.77. The lowest BCUT2D eigenvalue weighted by atomic mass is 9.83. The van der Waals surface area contributed by atoms with Gasteiger partial charge in [0.05, 0.1) is 36.5 Å². The average Bonchev–Trinajstić information content (AvgIpc) is 2.59. The summed E-state index contributed by atoms with van der Waals surface area (Å²) in [6.45, 7) is 5.81. The number of carbonyl (C=O) groups excluding carboxylic acids is 2. The number of aromatic nitrogens is 1. The van der Waals surface area contributed by atoms with Crippen LogP contribution < -0.4 is 5.32 Å². The molecule has 0 amide bonds. The van der Waals surface area contributed by atoms with Crippen LogP contribution in [0.4, 0.5) is 0 Å². The Labute approximate surface area is 141 Å². The standard InChI is InChI=1S/C18H22N2O4/c1-5-10-24-18(22)15-12(3)20-11(2)14(17(21)23-4)16(15)13-8-6-7-9-19-13/h6-9,16,20H,5,10H2,1-4H3. The van der Waals surface area contributed by atoms with E-state index in [1.54, 1.807) is 32.2 Å². The molecule has 0 saturated heterocycles. The van der Waals surface area contributed by atoms with E-state index in [9.17, 15) is 9.59 Å². The Kier molecular flexibility index (Phi) is 5.73. The Hall–Kier alpha value is -2.63. The first kappa shape index (κ1) is 17.7. The number of hydrogen-bond donors (Lipinski definition) is 1. The molecule has 1 aliphatic heterocycles. The topological polar surface area (TPSA) is 77.5 Å². The normalized spacial score (nSPS) is 17.4. The molecule has 1 aromatic heterocycles. The van der Waals surface area contributed by atoms with E-state index in [1.165, 1.54) is 7.11 Å². The molecule has 0 aliphatic carbocycles. The summed E-state index contributed by atoms with van der Waals surface area (Å²) in [5, 5.41) is 3.08. The van der Waals surface area contributed by atoms with Gasteiger partial charge in [0.2, 0.25) is 0 Å². The minimum Gasteiger partial charge on any atom is -0.466 e. The molecule has 0 saturated carbocycles. The maximum absolute atomic E-state index is 12.6. The number of ether oxygens (including phenoxy) is 2. The lowest BCUT2D eigenvalue weighted by Gasteiger charge is -2.29. The van der Waals surface area contributed by atoms with Gasteiger partial charge >= 0.3 is 11.9 Å². The summed E-state index contributed by atoms with van der Waals surface area (Å²) in [7, 11) is 1.32. The highest BCUT2D eigenvalue weighted by molar-refractivity contribution is 5.99. The van der Waals surface area contributed by atoms with Gasteiger partial charge in [-0.15, -0.1) is 0 Å². The number of rotatable bonds is 5. The highest BCUT2D eigenvalue weighted by Crippen LogP contribution is 2.38. The van der Waals surface area contributed by atoms with Crippen molar-refractivity contribution in [3.05, 3.63) is 52.6 Å². The molecule has 24 heavy (non-hydrogen) atoms. The Balaban J connectivity index is 2.56. The van der Waals surface area contributed by atoms with Crippen molar-refractivity contribution in [2.24, 2.45) is 0 Å². The molecule has 0 bridgehead atoms. The van der Waals surface area contributed by atoms with Crippen molar-refractivity contribution in [2.75, 3.05) is 13.7 Å². The highest BCUT2D eigenvalue weighted by atomic mass is 16.5. The molecule has 1 aromatic rings. The molecule has 6 heteroatoms. The zero-order valence-electron chi connectivity index (χ0n) is 14.4. The minimum absolute atomic E-state index is 0.320. The smallest absolute Gasteiger partial charge is 0.336 e. The van der Waals surface area contributed by atoms with Gasteiger partial charge < -0.3 is 14.8 Å². The van der Waals surface area contributed by atoms with E-state index in [1.807, 2.05) is 13.0 Å². The van der Waals surface area contributed by atoms with Gasteiger partial charge in [0, 0.05) is 17.6 Å². The summed E-state index contributed by atoms with van der Waals surface area (Å²) in [5.74, 6) is -1.57. The van der Waals surface area contributed by atoms with Crippen molar-refractivity contribution in [1.82, 2.24) is 10.3 Å². The first-order valence-corrected chi connectivity index (χ1v) is 7.86. The van der Waals surface area contributed by atoms with Crippen LogP contribution in [0.3, 0.4) is 0 Å². The zero-order valence-corrected chi connectivity index (χ0v) is 14.4. The van der Waals surface area contributed by atoms with Crippen LogP contribution in [0.2, 0.25) is 0 Å². The molecule has 6 nitrogen and oxygen atoms in total. The Morgan fingerprint density at radius 1 is 1.17 bits per heavy atom. The van der Waals surface area contributed by atoms with Gasteiger partial charge in [-0.05, 0) is 32.4 Å². The summed E-state index contributed by atoms with van der Waals surface area (Å²) < 4.78 is 10.2. The molecular weight excluding hydrogens is 308 g/mol. The SMILES string of the molecule is CCCOC(=O)C1=C(C)NC(C)=C(C(=O)OC)C1c1ccccn1. The number of pyridine rings is 1. The number of esters is 2. The van der Waals surface area contributed by atoms with E-state index in [2.05, 4.69) is 10.3 Å². The van der Waals surface area contributed by atoms with E-state index in [0.29, 0.717) is 34.8 Å². The average molecular weight is 330 g/mol. The fourth-order valence-corrected chi connectivity index (χ4v) is 2.76. The van der Waals surface area contributed by atoms with Crippen molar-refractivity contribution in [1.29, 1.82) is 0 Å². The lowest BCUT2D eigenvalue weighted by molar-refractivity contribution is -0.139. The van der Waals surface area contributed by atoms with Gasteiger partial charge in [-0.1, -0.05) is 13.0 Å². The van der Waals surface area contributed by atoms with Crippen LogP contribution in [-0.4, -0.2) is 30.6 Å². The maximum Gasteiger partial charge on any atom is 0.336 e. The first-order chi connectivity index (χ1) is 11.5. The fraction of sp³-hybridized carbons (Fsp3) is 0.389. The third-order valence-electron chi connectivity index (χ3n) is 3.81. The van der Waals surface area contributed by atoms with Gasteiger partial charge in [-0.3, -0.25) is 4.98 Å². The Morgan fingerprint density at radius 3 is 2.38 bits per heavy atom. The summed E-state index contributed by atoms with van der Waals surface area (Å²) in [6.07, 6.45) is 2.35. The summed E-state index contributed by atoms with van der Waals surface area (Å²) >= 11 is 0. The number of carbonyl (C=O) groups is 2. The van der Waals surface area contributed by atoms with E-state index >= 15 is 0 Å². The molecule has 1 unspecified atom stereocenters. The first-order valence-electron chi connectivity index (χ1n) is 7.86. The van der Waals surface area contributed by atoms with Crippen LogP contribution in [0.5, 0.6) is 0 Å². The van der Waals surface area contributed by atoms with Gasteiger partial charge in [0.25, 0.3) is 0 Å². The van der Waals surface area contributed by atoms with Crippen LogP contribution in [0.1, 0.15) is 38.8 Å². The van der Waals surface area contributed by atoms with Crippen molar-refractivity contribution in [3.63, 3.8) is 0 Å². The van der Waals surface area contributed by atoms with Crippen LogP contribution >= 0.6 is 0 Å². The number of nitrogens with one attached hydrogen (secondary N) is 1. The van der Waals surface area contributed by atoms with E-state index < -0.39 is 17.9 Å². The van der Waals surface area contributed by atoms with Gasteiger partial charge in [-0.2, -0.15) is 0 Å². The van der Waals surface area contributed by atoms with Gasteiger partial charge in [0.15, 0.2) is 0 Å². The summed E-state index contributed by atoms with van der Waals surface area (Å²) in [6, 6.07) is 5.39. The van der Waals surface area contributed by atoms with Crippen molar-refractivity contribution in [3.8, 4) is 0 Å². The Morgan fingerprint density at radius 2 is 1.83 bits per heavy atom. The van der Waals surface area contributed by atoms with Gasteiger partial charge in [-0.25, -0.2) is 9.59 Å². The largest absolute Gasteiger partial charge is 0.466 e. The molecule has 1 atom stereocenters. The zero-order chi connectivity index (χ0) is 17.7. The molecular formula is C18H22N2O4. The second-order valence-corrected chi connectivity index (χ2v) is 5.52. The number of dihydropyridines is 1.